The number of hydrogen-bond acceptors (Lipinski definition) is 3. The Morgan fingerprint density at radius 2 is 2.10 bits per heavy atom. The minimum absolute atomic E-state index is 0.685. The number of nitrogens with zero attached hydrogens (tertiary/aromatic N) is 3. The molecule has 1 heterocycles. The predicted molar refractivity (Wildman–Crippen MR) is 86.0 cm³/mol. The van der Waals surface area contributed by atoms with E-state index in [1.165, 1.54) is 5.56 Å². The smallest absolute Gasteiger partial charge is 0.122 e. The van der Waals surface area contributed by atoms with E-state index in [-0.39, 0.29) is 0 Å². The average Bonchev–Trinajstić information content (AvgIpc) is 2.89. The number of likely N-dealkylation sites (N-methyl/N-ethyl adjacent to an activating group) is 1. The van der Waals surface area contributed by atoms with E-state index >= 15 is 0 Å². The molecule has 0 saturated carbocycles. The number of benzene rings is 1. The lowest BCUT2D eigenvalue weighted by atomic mass is 10.2. The van der Waals surface area contributed by atoms with Crippen LogP contribution in [0.15, 0.2) is 36.7 Å². The standard InChI is InChI=1S/C16H22ClN3O/c1-14-6-3-4-7-16(14)21-11-5-8-19(2)9-10-20-13-15(17)12-18-20/h3-4,6-7,12-13H,5,8-11H2,1-2H3. The van der Waals surface area contributed by atoms with Crippen molar-refractivity contribution in [3.8, 4) is 5.75 Å². The van der Waals surface area contributed by atoms with Crippen LogP contribution in [0.4, 0.5) is 0 Å². The summed E-state index contributed by atoms with van der Waals surface area (Å²) in [5.41, 5.74) is 1.18. The second kappa shape index (κ2) is 8.05. The van der Waals surface area contributed by atoms with Crippen molar-refractivity contribution in [3.05, 3.63) is 47.2 Å². The number of hydrogen-bond donors (Lipinski definition) is 0. The Hall–Kier alpha value is -1.52. The number of ether oxygens (including phenoxy) is 1. The molecule has 0 unspecified atom stereocenters. The molecule has 2 aromatic rings. The molecule has 4 nitrogen and oxygen atoms in total. The maximum atomic E-state index is 5.84. The van der Waals surface area contributed by atoms with Gasteiger partial charge in [0.15, 0.2) is 0 Å². The molecule has 0 spiro atoms. The van der Waals surface area contributed by atoms with Crippen LogP contribution in [-0.2, 0) is 6.54 Å². The van der Waals surface area contributed by atoms with Crippen molar-refractivity contribution in [1.82, 2.24) is 14.7 Å². The van der Waals surface area contributed by atoms with E-state index in [0.717, 1.165) is 38.4 Å². The normalized spacial score (nSPS) is 11.0. The third kappa shape index (κ3) is 5.40. The lowest BCUT2D eigenvalue weighted by Gasteiger charge is -2.17. The van der Waals surface area contributed by atoms with Crippen molar-refractivity contribution in [1.29, 1.82) is 0 Å². The minimum Gasteiger partial charge on any atom is -0.493 e. The Bertz CT molecular complexity index is 556. The molecule has 0 amide bonds. The quantitative estimate of drug-likeness (QED) is 0.701. The summed E-state index contributed by atoms with van der Waals surface area (Å²) in [4.78, 5) is 2.27. The van der Waals surface area contributed by atoms with Crippen molar-refractivity contribution < 1.29 is 4.74 Å². The zero-order valence-corrected chi connectivity index (χ0v) is 13.4. The summed E-state index contributed by atoms with van der Waals surface area (Å²) in [5.74, 6) is 0.978. The molecule has 21 heavy (non-hydrogen) atoms. The van der Waals surface area contributed by atoms with E-state index < -0.39 is 0 Å². The van der Waals surface area contributed by atoms with Crippen molar-refractivity contribution in [2.75, 3.05) is 26.7 Å². The molecular formula is C16H22ClN3O. The molecule has 0 aliphatic rings. The highest BCUT2D eigenvalue weighted by molar-refractivity contribution is 6.30. The van der Waals surface area contributed by atoms with Crippen molar-refractivity contribution in [2.45, 2.75) is 19.9 Å². The second-order valence-electron chi connectivity index (χ2n) is 5.19. The van der Waals surface area contributed by atoms with Crippen molar-refractivity contribution in [3.63, 3.8) is 0 Å². The van der Waals surface area contributed by atoms with E-state index in [2.05, 4.69) is 30.0 Å². The van der Waals surface area contributed by atoms with Crippen LogP contribution in [0.25, 0.3) is 0 Å². The molecule has 0 saturated heterocycles. The fraction of sp³-hybridized carbons (Fsp3) is 0.438. The zero-order chi connectivity index (χ0) is 15.1. The summed E-state index contributed by atoms with van der Waals surface area (Å²) >= 11 is 5.84. The van der Waals surface area contributed by atoms with Crippen LogP contribution < -0.4 is 4.74 Å². The first-order chi connectivity index (χ1) is 10.1. The highest BCUT2D eigenvalue weighted by atomic mass is 35.5. The second-order valence-corrected chi connectivity index (χ2v) is 5.63. The third-order valence-electron chi connectivity index (χ3n) is 3.35. The van der Waals surface area contributed by atoms with Crippen molar-refractivity contribution >= 4 is 11.6 Å². The topological polar surface area (TPSA) is 30.3 Å². The maximum absolute atomic E-state index is 5.84. The van der Waals surface area contributed by atoms with Gasteiger partial charge in [0.25, 0.3) is 0 Å². The average molecular weight is 308 g/mol. The zero-order valence-electron chi connectivity index (χ0n) is 12.6. The van der Waals surface area contributed by atoms with Gasteiger partial charge in [-0.25, -0.2) is 0 Å². The largest absolute Gasteiger partial charge is 0.493 e. The minimum atomic E-state index is 0.685. The molecule has 0 fully saturated rings. The highest BCUT2D eigenvalue weighted by Crippen LogP contribution is 2.16. The first kappa shape index (κ1) is 15.9. The maximum Gasteiger partial charge on any atom is 0.122 e. The molecule has 5 heteroatoms. The van der Waals surface area contributed by atoms with E-state index in [1.807, 2.05) is 29.1 Å². The SMILES string of the molecule is Cc1ccccc1OCCCN(C)CCn1cc(Cl)cn1. The van der Waals surface area contributed by atoms with Crippen LogP contribution in [0, 0.1) is 6.92 Å². The van der Waals surface area contributed by atoms with Gasteiger partial charge < -0.3 is 9.64 Å². The molecule has 0 atom stereocenters. The Kier molecular flexibility index (Phi) is 6.08. The summed E-state index contributed by atoms with van der Waals surface area (Å²) in [7, 11) is 2.11. The van der Waals surface area contributed by atoms with Crippen LogP contribution >= 0.6 is 11.6 Å². The molecular weight excluding hydrogens is 286 g/mol. The van der Waals surface area contributed by atoms with E-state index in [0.29, 0.717) is 5.02 Å². The first-order valence-electron chi connectivity index (χ1n) is 7.20. The van der Waals surface area contributed by atoms with Gasteiger partial charge >= 0.3 is 0 Å². The van der Waals surface area contributed by atoms with Crippen LogP contribution in [0.2, 0.25) is 5.02 Å². The summed E-state index contributed by atoms with van der Waals surface area (Å²) in [6.07, 6.45) is 4.51. The number of halogens is 1. The van der Waals surface area contributed by atoms with Gasteiger partial charge in [-0.15, -0.1) is 0 Å². The Morgan fingerprint density at radius 3 is 2.81 bits per heavy atom. The van der Waals surface area contributed by atoms with Crippen molar-refractivity contribution in [2.24, 2.45) is 0 Å². The first-order valence-corrected chi connectivity index (χ1v) is 7.58. The summed E-state index contributed by atoms with van der Waals surface area (Å²) in [5, 5.41) is 4.85. The van der Waals surface area contributed by atoms with E-state index in [9.17, 15) is 0 Å². The Morgan fingerprint density at radius 1 is 1.29 bits per heavy atom. The highest BCUT2D eigenvalue weighted by Gasteiger charge is 2.02. The monoisotopic (exact) mass is 307 g/mol. The third-order valence-corrected chi connectivity index (χ3v) is 3.54. The van der Waals surface area contributed by atoms with Gasteiger partial charge in [0.1, 0.15) is 5.75 Å². The van der Waals surface area contributed by atoms with Gasteiger partial charge in [-0.05, 0) is 32.0 Å². The predicted octanol–water partition coefficient (Wildman–Crippen LogP) is 3.25. The molecule has 0 N–H and O–H groups in total. The van der Waals surface area contributed by atoms with Gasteiger partial charge in [-0.2, -0.15) is 5.10 Å². The fourth-order valence-electron chi connectivity index (χ4n) is 2.08. The number of para-hydroxylation sites is 1. The molecule has 1 aromatic carbocycles. The number of aromatic nitrogens is 2. The molecule has 114 valence electrons. The molecule has 0 aliphatic carbocycles. The fourth-order valence-corrected chi connectivity index (χ4v) is 2.24. The van der Waals surface area contributed by atoms with Crippen LogP contribution in [-0.4, -0.2) is 41.4 Å². The Balaban J connectivity index is 1.61. The Labute approximate surface area is 131 Å². The number of aryl methyl sites for hydroxylation is 1. The molecule has 0 bridgehead atoms. The van der Waals surface area contributed by atoms with Crippen LogP contribution in [0.3, 0.4) is 0 Å². The summed E-state index contributed by atoms with van der Waals surface area (Å²) in [6.45, 7) is 5.60. The summed E-state index contributed by atoms with van der Waals surface area (Å²) in [6, 6.07) is 8.11. The van der Waals surface area contributed by atoms with Crippen LogP contribution in [0.1, 0.15) is 12.0 Å². The van der Waals surface area contributed by atoms with Gasteiger partial charge in [0.2, 0.25) is 0 Å². The molecule has 0 aliphatic heterocycles. The molecule has 1 aromatic heterocycles. The summed E-state index contributed by atoms with van der Waals surface area (Å²) < 4.78 is 7.66. The molecule has 0 radical (unpaired) electrons. The lowest BCUT2D eigenvalue weighted by molar-refractivity contribution is 0.255. The van der Waals surface area contributed by atoms with Gasteiger partial charge in [0, 0.05) is 19.3 Å². The van der Waals surface area contributed by atoms with Gasteiger partial charge in [-0.3, -0.25) is 4.68 Å². The van der Waals surface area contributed by atoms with Crippen LogP contribution in [0.5, 0.6) is 5.75 Å². The lowest BCUT2D eigenvalue weighted by Crippen LogP contribution is -2.25. The van der Waals surface area contributed by atoms with E-state index in [4.69, 9.17) is 16.3 Å². The van der Waals surface area contributed by atoms with Gasteiger partial charge in [-0.1, -0.05) is 29.8 Å². The molecule has 2 rings (SSSR count). The van der Waals surface area contributed by atoms with E-state index in [1.54, 1.807) is 6.20 Å². The van der Waals surface area contributed by atoms with Gasteiger partial charge in [0.05, 0.1) is 24.4 Å². The number of rotatable bonds is 8.